The molecule has 1 N–H and O–H groups in total. The van der Waals surface area contributed by atoms with Crippen LogP contribution in [-0.2, 0) is 21.4 Å². The minimum atomic E-state index is -3.38. The third-order valence-corrected chi connectivity index (χ3v) is 4.60. The van der Waals surface area contributed by atoms with Crippen LogP contribution >= 0.6 is 11.6 Å². The van der Waals surface area contributed by atoms with E-state index in [4.69, 9.17) is 11.6 Å². The van der Waals surface area contributed by atoms with Crippen molar-refractivity contribution < 1.29 is 13.2 Å². The maximum atomic E-state index is 11.9. The van der Waals surface area contributed by atoms with Gasteiger partial charge in [-0.05, 0) is 18.1 Å². The Morgan fingerprint density at radius 3 is 2.57 bits per heavy atom. The first-order chi connectivity index (χ1) is 9.84. The van der Waals surface area contributed by atoms with Crippen molar-refractivity contribution in [2.24, 2.45) is 0 Å². The first-order valence-electron chi connectivity index (χ1n) is 6.79. The number of nitrogens with one attached hydrogen (secondary N) is 1. The van der Waals surface area contributed by atoms with Crippen LogP contribution in [0.2, 0.25) is 5.02 Å². The van der Waals surface area contributed by atoms with E-state index in [1.165, 1.54) is 4.31 Å². The van der Waals surface area contributed by atoms with Gasteiger partial charge in [0.05, 0.1) is 12.8 Å². The maximum Gasteiger partial charge on any atom is 0.235 e. The molecule has 0 unspecified atom stereocenters. The fourth-order valence-corrected chi connectivity index (χ4v) is 2.76. The van der Waals surface area contributed by atoms with Crippen LogP contribution in [0.1, 0.15) is 25.3 Å². The van der Waals surface area contributed by atoms with Crippen molar-refractivity contribution in [3.63, 3.8) is 0 Å². The molecule has 0 bridgehead atoms. The Labute approximate surface area is 131 Å². The average molecular weight is 333 g/mol. The Bertz CT molecular complexity index is 575. The van der Waals surface area contributed by atoms with Crippen molar-refractivity contribution in [3.05, 3.63) is 34.9 Å². The molecule has 118 valence electrons. The van der Waals surface area contributed by atoms with Crippen LogP contribution in [-0.4, -0.2) is 38.0 Å². The lowest BCUT2D eigenvalue weighted by Crippen LogP contribution is -2.40. The fraction of sp³-hybridized carbons (Fsp3) is 0.500. The van der Waals surface area contributed by atoms with Crippen LogP contribution in [0.3, 0.4) is 0 Å². The predicted molar refractivity (Wildman–Crippen MR) is 84.6 cm³/mol. The van der Waals surface area contributed by atoms with E-state index in [0.717, 1.165) is 24.7 Å². The minimum absolute atomic E-state index is 0.163. The number of carbonyl (C=O) groups excluding carboxylic acids is 1. The summed E-state index contributed by atoms with van der Waals surface area (Å²) in [5.74, 6) is -0.337. The highest BCUT2D eigenvalue weighted by molar-refractivity contribution is 7.88. The molecule has 0 heterocycles. The van der Waals surface area contributed by atoms with Gasteiger partial charge in [-0.2, -0.15) is 4.31 Å². The number of hydrogen-bond donors (Lipinski definition) is 1. The van der Waals surface area contributed by atoms with Crippen LogP contribution in [0.15, 0.2) is 24.3 Å². The van der Waals surface area contributed by atoms with E-state index in [2.05, 4.69) is 5.32 Å². The molecular weight excluding hydrogens is 312 g/mol. The number of halogens is 1. The number of unbranched alkanes of at least 4 members (excludes halogenated alkanes) is 1. The quantitative estimate of drug-likeness (QED) is 0.792. The monoisotopic (exact) mass is 332 g/mol. The van der Waals surface area contributed by atoms with E-state index in [9.17, 15) is 13.2 Å². The zero-order valence-electron chi connectivity index (χ0n) is 12.3. The Kier molecular flexibility index (Phi) is 7.14. The van der Waals surface area contributed by atoms with Crippen molar-refractivity contribution >= 4 is 27.5 Å². The molecule has 5 nitrogen and oxygen atoms in total. The number of sulfonamides is 1. The minimum Gasteiger partial charge on any atom is -0.351 e. The number of rotatable bonds is 8. The second-order valence-corrected chi connectivity index (χ2v) is 7.21. The summed E-state index contributed by atoms with van der Waals surface area (Å²) in [5.41, 5.74) is 0.798. The van der Waals surface area contributed by atoms with Crippen molar-refractivity contribution in [1.29, 1.82) is 0 Å². The zero-order chi connectivity index (χ0) is 15.9. The molecule has 0 aliphatic rings. The van der Waals surface area contributed by atoms with Gasteiger partial charge in [-0.15, -0.1) is 0 Å². The summed E-state index contributed by atoms with van der Waals surface area (Å²) in [6.07, 6.45) is 2.71. The predicted octanol–water partition coefficient (Wildman–Crippen LogP) is 2.02. The second kappa shape index (κ2) is 8.36. The summed E-state index contributed by atoms with van der Waals surface area (Å²) in [4.78, 5) is 11.9. The van der Waals surface area contributed by atoms with E-state index in [-0.39, 0.29) is 19.0 Å². The largest absolute Gasteiger partial charge is 0.351 e. The van der Waals surface area contributed by atoms with Crippen LogP contribution < -0.4 is 5.32 Å². The highest BCUT2D eigenvalue weighted by atomic mass is 35.5. The van der Waals surface area contributed by atoms with E-state index in [1.807, 2.05) is 25.1 Å². The van der Waals surface area contributed by atoms with Gasteiger partial charge in [0.25, 0.3) is 0 Å². The van der Waals surface area contributed by atoms with Gasteiger partial charge in [-0.3, -0.25) is 4.79 Å². The number of hydrogen-bond acceptors (Lipinski definition) is 3. The lowest BCUT2D eigenvalue weighted by atomic mass is 10.2. The normalized spacial score (nSPS) is 11.6. The Hall–Kier alpha value is -1.11. The van der Waals surface area contributed by atoms with E-state index < -0.39 is 10.0 Å². The maximum absolute atomic E-state index is 11.9. The molecule has 0 saturated heterocycles. The summed E-state index contributed by atoms with van der Waals surface area (Å²) >= 11 is 6.00. The van der Waals surface area contributed by atoms with Crippen LogP contribution in [0, 0.1) is 0 Å². The molecule has 1 rings (SSSR count). The van der Waals surface area contributed by atoms with Gasteiger partial charge < -0.3 is 5.32 Å². The molecule has 1 amide bonds. The van der Waals surface area contributed by atoms with Gasteiger partial charge in [0, 0.05) is 18.1 Å². The van der Waals surface area contributed by atoms with Crippen LogP contribution in [0.5, 0.6) is 0 Å². The average Bonchev–Trinajstić information content (AvgIpc) is 2.41. The van der Waals surface area contributed by atoms with E-state index in [0.29, 0.717) is 11.6 Å². The molecule has 0 fully saturated rings. The van der Waals surface area contributed by atoms with Crippen LogP contribution in [0.4, 0.5) is 0 Å². The summed E-state index contributed by atoms with van der Waals surface area (Å²) in [6, 6.07) is 7.20. The molecule has 0 aromatic heterocycles. The second-order valence-electron chi connectivity index (χ2n) is 4.82. The number of benzene rings is 1. The van der Waals surface area contributed by atoms with Crippen molar-refractivity contribution in [2.45, 2.75) is 26.3 Å². The number of amides is 1. The number of carbonyl (C=O) groups is 1. The van der Waals surface area contributed by atoms with Gasteiger partial charge in [0.1, 0.15) is 0 Å². The van der Waals surface area contributed by atoms with Gasteiger partial charge in [-0.25, -0.2) is 8.42 Å². The van der Waals surface area contributed by atoms with Gasteiger partial charge >= 0.3 is 0 Å². The molecule has 0 aliphatic heterocycles. The third-order valence-electron chi connectivity index (χ3n) is 2.98. The molecule has 0 saturated carbocycles. The van der Waals surface area contributed by atoms with E-state index >= 15 is 0 Å². The first-order valence-corrected chi connectivity index (χ1v) is 9.02. The summed E-state index contributed by atoms with van der Waals surface area (Å²) in [7, 11) is -3.38. The molecule has 0 spiro atoms. The first kappa shape index (κ1) is 17.9. The summed E-state index contributed by atoms with van der Waals surface area (Å²) < 4.78 is 24.4. The SMILES string of the molecule is CCCCN(CC(=O)NCc1ccccc1Cl)S(C)(=O)=O. The number of nitrogens with zero attached hydrogens (tertiary/aromatic N) is 1. The smallest absolute Gasteiger partial charge is 0.235 e. The third kappa shape index (κ3) is 6.46. The summed E-state index contributed by atoms with van der Waals surface area (Å²) in [6.45, 7) is 2.44. The Balaban J connectivity index is 2.56. The zero-order valence-corrected chi connectivity index (χ0v) is 13.9. The van der Waals surface area contributed by atoms with E-state index in [1.54, 1.807) is 6.07 Å². The van der Waals surface area contributed by atoms with Gasteiger partial charge in [0.2, 0.25) is 15.9 Å². The van der Waals surface area contributed by atoms with Crippen LogP contribution in [0.25, 0.3) is 0 Å². The topological polar surface area (TPSA) is 66.5 Å². The molecule has 21 heavy (non-hydrogen) atoms. The molecule has 1 aromatic carbocycles. The Morgan fingerprint density at radius 2 is 2.00 bits per heavy atom. The Morgan fingerprint density at radius 1 is 1.33 bits per heavy atom. The van der Waals surface area contributed by atoms with Gasteiger partial charge in [0.15, 0.2) is 0 Å². The molecule has 0 atom stereocenters. The lowest BCUT2D eigenvalue weighted by molar-refractivity contribution is -0.121. The van der Waals surface area contributed by atoms with Gasteiger partial charge in [-0.1, -0.05) is 43.1 Å². The molecule has 7 heteroatoms. The molecule has 0 aliphatic carbocycles. The lowest BCUT2D eigenvalue weighted by Gasteiger charge is -2.19. The standard InChI is InChI=1S/C14H21ClN2O3S/c1-3-4-9-17(21(2,19)20)11-14(18)16-10-12-7-5-6-8-13(12)15/h5-8H,3-4,9-11H2,1-2H3,(H,16,18). The molecule has 1 aromatic rings. The van der Waals surface area contributed by atoms with Crippen molar-refractivity contribution in [1.82, 2.24) is 9.62 Å². The fourth-order valence-electron chi connectivity index (χ4n) is 1.75. The van der Waals surface area contributed by atoms with Crippen molar-refractivity contribution in [2.75, 3.05) is 19.3 Å². The highest BCUT2D eigenvalue weighted by Gasteiger charge is 2.19. The molecular formula is C14H21ClN2O3S. The van der Waals surface area contributed by atoms with Crippen molar-refractivity contribution in [3.8, 4) is 0 Å². The summed E-state index contributed by atoms with van der Waals surface area (Å²) in [5, 5.41) is 3.26. The highest BCUT2D eigenvalue weighted by Crippen LogP contribution is 2.14. The molecule has 0 radical (unpaired) electrons.